The van der Waals surface area contributed by atoms with Gasteiger partial charge in [0.1, 0.15) is 0 Å². The number of aromatic nitrogens is 4. The lowest BCUT2D eigenvalue weighted by Gasteiger charge is -2.10. The summed E-state index contributed by atoms with van der Waals surface area (Å²) in [4.78, 5) is 9.23. The fourth-order valence-corrected chi connectivity index (χ4v) is 3.05. The Bertz CT molecular complexity index is 1140. The van der Waals surface area contributed by atoms with E-state index in [1.165, 1.54) is 0 Å². The summed E-state index contributed by atoms with van der Waals surface area (Å²) in [7, 11) is 0. The van der Waals surface area contributed by atoms with E-state index >= 15 is 0 Å². The Labute approximate surface area is 148 Å². The molecule has 0 aliphatic heterocycles. The first kappa shape index (κ1) is 15.3. The number of hydrogen-bond donors (Lipinski definition) is 1. The first-order valence-corrected chi connectivity index (χ1v) is 8.00. The van der Waals surface area contributed by atoms with Crippen molar-refractivity contribution in [2.45, 2.75) is 6.92 Å². The number of aryl methyl sites for hydroxylation is 1. The molecule has 0 spiro atoms. The average Bonchev–Trinajstić information content (AvgIpc) is 3.11. The molecule has 0 atom stereocenters. The second-order valence-electron chi connectivity index (χ2n) is 5.69. The molecule has 120 valence electrons. The first-order valence-electron chi connectivity index (χ1n) is 7.63. The van der Waals surface area contributed by atoms with E-state index in [1.54, 1.807) is 18.5 Å². The highest BCUT2D eigenvalue weighted by Gasteiger charge is 2.14. The van der Waals surface area contributed by atoms with Gasteiger partial charge in [0.2, 0.25) is 0 Å². The quantitative estimate of drug-likeness (QED) is 0.579. The molecule has 1 N–H and O–H groups in total. The highest BCUT2D eigenvalue weighted by Crippen LogP contribution is 2.33. The summed E-state index contributed by atoms with van der Waals surface area (Å²) in [6, 6.07) is 13.3. The molecule has 2 heterocycles. The van der Waals surface area contributed by atoms with Gasteiger partial charge in [-0.3, -0.25) is 10.1 Å². The number of aromatic amines is 1. The second-order valence-corrected chi connectivity index (χ2v) is 6.10. The fourth-order valence-electron chi connectivity index (χ4n) is 2.78. The van der Waals surface area contributed by atoms with Crippen LogP contribution in [0.15, 0.2) is 48.8 Å². The molecule has 5 nitrogen and oxygen atoms in total. The van der Waals surface area contributed by atoms with Gasteiger partial charge in [-0.05, 0) is 31.2 Å². The third-order valence-corrected chi connectivity index (χ3v) is 4.23. The largest absolute Gasteiger partial charge is 0.276 e. The van der Waals surface area contributed by atoms with Crippen LogP contribution in [0.3, 0.4) is 0 Å². The molecule has 4 aromatic rings. The summed E-state index contributed by atoms with van der Waals surface area (Å²) >= 11 is 6.37. The van der Waals surface area contributed by atoms with E-state index in [0.29, 0.717) is 16.3 Å². The van der Waals surface area contributed by atoms with Gasteiger partial charge in [0, 0.05) is 22.7 Å². The monoisotopic (exact) mass is 345 g/mol. The van der Waals surface area contributed by atoms with Gasteiger partial charge in [-0.25, -0.2) is 4.98 Å². The topological polar surface area (TPSA) is 78.2 Å². The smallest absolute Gasteiger partial charge is 0.0991 e. The number of H-pyrrole nitrogens is 1. The Hall–Kier alpha value is -3.23. The number of nitrogens with one attached hydrogen (secondary N) is 1. The second kappa shape index (κ2) is 6.00. The molecule has 0 aliphatic rings. The van der Waals surface area contributed by atoms with Gasteiger partial charge in [-0.2, -0.15) is 10.4 Å². The molecule has 0 bridgehead atoms. The zero-order valence-electron chi connectivity index (χ0n) is 13.3. The molecular weight excluding hydrogens is 334 g/mol. The van der Waals surface area contributed by atoms with Gasteiger partial charge < -0.3 is 0 Å². The van der Waals surface area contributed by atoms with Crippen molar-refractivity contribution >= 4 is 22.5 Å². The lowest BCUT2D eigenvalue weighted by Crippen LogP contribution is -1.96. The molecule has 25 heavy (non-hydrogen) atoms. The van der Waals surface area contributed by atoms with Gasteiger partial charge in [0.05, 0.1) is 45.5 Å². The van der Waals surface area contributed by atoms with Crippen molar-refractivity contribution < 1.29 is 0 Å². The number of halogens is 1. The zero-order valence-corrected chi connectivity index (χ0v) is 14.0. The summed E-state index contributed by atoms with van der Waals surface area (Å²) in [5, 5.41) is 17.6. The molecule has 2 aromatic carbocycles. The average molecular weight is 346 g/mol. The van der Waals surface area contributed by atoms with Crippen LogP contribution in [0.25, 0.3) is 33.4 Å². The molecule has 0 saturated heterocycles. The van der Waals surface area contributed by atoms with Crippen LogP contribution in [0.4, 0.5) is 0 Å². The molecule has 0 aliphatic carbocycles. The maximum atomic E-state index is 9.17. The molecule has 0 saturated carbocycles. The highest BCUT2D eigenvalue weighted by molar-refractivity contribution is 6.35. The Morgan fingerprint density at radius 2 is 1.96 bits per heavy atom. The van der Waals surface area contributed by atoms with Gasteiger partial charge in [0.25, 0.3) is 0 Å². The van der Waals surface area contributed by atoms with E-state index in [0.717, 1.165) is 33.4 Å². The van der Waals surface area contributed by atoms with Crippen LogP contribution in [0.5, 0.6) is 0 Å². The SMILES string of the molecule is Cc1cnc(-c2cc(Cl)c3[nH]ncc3c2)c(-c2cccc(C#N)c2)n1. The Kier molecular flexibility index (Phi) is 3.68. The summed E-state index contributed by atoms with van der Waals surface area (Å²) in [5.41, 5.74) is 5.30. The Balaban J connectivity index is 1.97. The van der Waals surface area contributed by atoms with Gasteiger partial charge in [-0.15, -0.1) is 0 Å². The summed E-state index contributed by atoms with van der Waals surface area (Å²) in [5.74, 6) is 0. The van der Waals surface area contributed by atoms with E-state index < -0.39 is 0 Å². The summed E-state index contributed by atoms with van der Waals surface area (Å²) in [6.45, 7) is 1.89. The summed E-state index contributed by atoms with van der Waals surface area (Å²) < 4.78 is 0. The van der Waals surface area contributed by atoms with Crippen LogP contribution < -0.4 is 0 Å². The van der Waals surface area contributed by atoms with Crippen LogP contribution in [0.1, 0.15) is 11.3 Å². The van der Waals surface area contributed by atoms with E-state index in [1.807, 2.05) is 37.3 Å². The van der Waals surface area contributed by atoms with E-state index in [4.69, 9.17) is 16.9 Å². The van der Waals surface area contributed by atoms with Crippen LogP contribution in [-0.2, 0) is 0 Å². The summed E-state index contributed by atoms with van der Waals surface area (Å²) in [6.07, 6.45) is 3.45. The van der Waals surface area contributed by atoms with Crippen LogP contribution >= 0.6 is 11.6 Å². The number of nitrogens with zero attached hydrogens (tertiary/aromatic N) is 4. The minimum absolute atomic E-state index is 0.573. The van der Waals surface area contributed by atoms with Crippen molar-refractivity contribution in [3.05, 3.63) is 65.1 Å². The predicted octanol–water partition coefficient (Wildman–Crippen LogP) is 4.52. The molecule has 2 aromatic heterocycles. The first-order chi connectivity index (χ1) is 12.2. The van der Waals surface area contributed by atoms with Crippen molar-refractivity contribution in [2.75, 3.05) is 0 Å². The van der Waals surface area contributed by atoms with Crippen molar-refractivity contribution in [1.82, 2.24) is 20.2 Å². The van der Waals surface area contributed by atoms with Gasteiger partial charge in [0.15, 0.2) is 0 Å². The van der Waals surface area contributed by atoms with Crippen molar-refractivity contribution in [1.29, 1.82) is 5.26 Å². The highest BCUT2D eigenvalue weighted by atomic mass is 35.5. The van der Waals surface area contributed by atoms with Gasteiger partial charge >= 0.3 is 0 Å². The molecule has 0 amide bonds. The zero-order chi connectivity index (χ0) is 17.4. The molecular formula is C19H12ClN5. The van der Waals surface area contributed by atoms with Crippen molar-refractivity contribution in [3.8, 4) is 28.6 Å². The number of benzene rings is 2. The van der Waals surface area contributed by atoms with Crippen molar-refractivity contribution in [3.63, 3.8) is 0 Å². The number of nitriles is 1. The molecule has 6 heteroatoms. The van der Waals surface area contributed by atoms with Crippen LogP contribution in [0.2, 0.25) is 5.02 Å². The lowest BCUT2D eigenvalue weighted by atomic mass is 10.0. The maximum absolute atomic E-state index is 9.17. The van der Waals surface area contributed by atoms with Crippen LogP contribution in [0, 0.1) is 18.3 Å². The molecule has 0 radical (unpaired) electrons. The lowest BCUT2D eigenvalue weighted by molar-refractivity contribution is 1.12. The fraction of sp³-hybridized carbons (Fsp3) is 0.0526. The van der Waals surface area contributed by atoms with Crippen LogP contribution in [-0.4, -0.2) is 20.2 Å². The minimum Gasteiger partial charge on any atom is -0.276 e. The van der Waals surface area contributed by atoms with E-state index in [2.05, 4.69) is 26.2 Å². The Morgan fingerprint density at radius 1 is 1.08 bits per heavy atom. The van der Waals surface area contributed by atoms with Gasteiger partial charge in [-0.1, -0.05) is 23.7 Å². The predicted molar refractivity (Wildman–Crippen MR) is 97.0 cm³/mol. The minimum atomic E-state index is 0.573. The van der Waals surface area contributed by atoms with E-state index in [-0.39, 0.29) is 0 Å². The molecule has 0 fully saturated rings. The van der Waals surface area contributed by atoms with E-state index in [9.17, 15) is 0 Å². The molecule has 0 unspecified atom stereocenters. The maximum Gasteiger partial charge on any atom is 0.0991 e. The molecule has 4 rings (SSSR count). The standard InChI is InChI=1S/C19H12ClN5/c1-11-9-22-18(14-6-15-10-23-25-17(15)16(20)7-14)19(24-11)13-4-2-3-12(5-13)8-21/h2-7,9-10H,1H3,(H,23,25). The van der Waals surface area contributed by atoms with Crippen molar-refractivity contribution in [2.24, 2.45) is 0 Å². The Morgan fingerprint density at radius 3 is 2.80 bits per heavy atom. The number of hydrogen-bond acceptors (Lipinski definition) is 4. The normalized spacial score (nSPS) is 10.8. The number of fused-ring (bicyclic) bond motifs is 1. The third kappa shape index (κ3) is 2.73. The third-order valence-electron chi connectivity index (χ3n) is 3.93. The number of rotatable bonds is 2.